The first-order valence-electron chi connectivity index (χ1n) is 26.1. The van der Waals surface area contributed by atoms with Crippen LogP contribution in [0.15, 0.2) is 85.1 Å². The van der Waals surface area contributed by atoms with Crippen LogP contribution in [0.3, 0.4) is 0 Å². The van der Waals surface area contributed by atoms with Crippen molar-refractivity contribution < 1.29 is 23.8 Å². The van der Waals surface area contributed by atoms with Crippen molar-refractivity contribution in [1.82, 2.24) is 0 Å². The third-order valence-electron chi connectivity index (χ3n) is 10.9. The largest absolute Gasteiger partial charge is 0.461 e. The molecule has 0 N–H and O–H groups in total. The average Bonchev–Trinajstić information content (AvgIpc) is 3.27. The molecule has 5 nitrogen and oxygen atoms in total. The van der Waals surface area contributed by atoms with Crippen molar-refractivity contribution in [1.29, 1.82) is 0 Å². The Hall–Kier alpha value is -2.92. The highest BCUT2D eigenvalue weighted by molar-refractivity contribution is 5.71. The molecule has 1 atom stereocenters. The lowest BCUT2D eigenvalue weighted by molar-refractivity contribution is -0.162. The Kier molecular flexibility index (Phi) is 50.0. The number of hydrogen-bond donors (Lipinski definition) is 0. The van der Waals surface area contributed by atoms with Crippen LogP contribution in [0, 0.1) is 0 Å². The molecule has 62 heavy (non-hydrogen) atoms. The molecule has 0 aliphatic carbocycles. The van der Waals surface area contributed by atoms with E-state index < -0.39 is 6.10 Å². The van der Waals surface area contributed by atoms with Gasteiger partial charge < -0.3 is 14.2 Å². The number of allylic oxidation sites excluding steroid dienone is 13. The molecule has 0 aliphatic heterocycles. The van der Waals surface area contributed by atoms with Crippen molar-refractivity contribution in [3.8, 4) is 0 Å². The molecular weight excluding hydrogens is 765 g/mol. The molecule has 5 heteroatoms. The molecule has 1 unspecified atom stereocenters. The normalized spacial score (nSPS) is 12.9. The van der Waals surface area contributed by atoms with E-state index in [-0.39, 0.29) is 31.6 Å². The fourth-order valence-corrected chi connectivity index (χ4v) is 7.08. The minimum absolute atomic E-state index is 0.0256. The molecule has 0 spiro atoms. The van der Waals surface area contributed by atoms with Crippen LogP contribution in [0.1, 0.15) is 239 Å². The number of carbonyl (C=O) groups excluding carboxylic acids is 2. The SMILES string of the molecule is CC/C=C\C/C=C\C/C=C\C/C=C\C/C=C\CC(=O)OCC(COCCCCCCCC/C=C\C/C=C\CCCCC)OC(=O)CCCCCCCCCCCCCCCCC. The van der Waals surface area contributed by atoms with E-state index in [1.165, 1.54) is 141 Å². The fourth-order valence-electron chi connectivity index (χ4n) is 7.08. The Labute approximate surface area is 384 Å². The zero-order valence-corrected chi connectivity index (χ0v) is 40.9. The summed E-state index contributed by atoms with van der Waals surface area (Å²) in [6.07, 6.45) is 69.0. The minimum atomic E-state index is -0.583. The van der Waals surface area contributed by atoms with Crippen LogP contribution in [-0.4, -0.2) is 37.9 Å². The molecule has 0 fully saturated rings. The number of hydrogen-bond acceptors (Lipinski definition) is 5. The summed E-state index contributed by atoms with van der Waals surface area (Å²) >= 11 is 0. The van der Waals surface area contributed by atoms with Crippen LogP contribution >= 0.6 is 0 Å². The topological polar surface area (TPSA) is 61.8 Å². The maximum atomic E-state index is 12.8. The van der Waals surface area contributed by atoms with Gasteiger partial charge >= 0.3 is 11.9 Å². The molecule has 0 heterocycles. The zero-order chi connectivity index (χ0) is 44.9. The second-order valence-electron chi connectivity index (χ2n) is 17.1. The second-order valence-corrected chi connectivity index (χ2v) is 17.1. The van der Waals surface area contributed by atoms with E-state index in [9.17, 15) is 9.59 Å². The molecule has 0 rings (SSSR count). The average molecular weight is 863 g/mol. The standard InChI is InChI=1S/C57H98O5/c1-4-7-10-13-16-19-22-25-28-31-34-37-40-43-46-49-52-60-53-55(62-57(59)51-48-45-42-39-36-33-30-27-24-21-18-15-12-9-6-3)54-61-56(58)50-47-44-41-38-35-32-29-26-23-20-17-14-11-8-5-2/h8,11,16-17,19-20,25-26,28-29,35,38,44,47,55H,4-7,9-10,12-15,18,21-24,27,30-34,36-37,39-43,45-46,48-54H2,1-3H3/b11-8-,19-16-,20-17-,28-25-,29-26-,38-35-,47-44-. The van der Waals surface area contributed by atoms with Gasteiger partial charge in [0.05, 0.1) is 13.0 Å². The highest BCUT2D eigenvalue weighted by Crippen LogP contribution is 2.15. The summed E-state index contributed by atoms with van der Waals surface area (Å²) in [5.74, 6) is -0.545. The number of esters is 2. The van der Waals surface area contributed by atoms with Crippen LogP contribution in [-0.2, 0) is 23.8 Å². The van der Waals surface area contributed by atoms with Gasteiger partial charge in [0.2, 0.25) is 0 Å². The van der Waals surface area contributed by atoms with E-state index in [4.69, 9.17) is 14.2 Å². The van der Waals surface area contributed by atoms with Gasteiger partial charge in [-0.25, -0.2) is 0 Å². The fraction of sp³-hybridized carbons (Fsp3) is 0.719. The van der Waals surface area contributed by atoms with Crippen molar-refractivity contribution in [2.24, 2.45) is 0 Å². The van der Waals surface area contributed by atoms with Crippen molar-refractivity contribution in [2.45, 2.75) is 245 Å². The molecule has 0 radical (unpaired) electrons. The van der Waals surface area contributed by atoms with E-state index in [1.54, 1.807) is 0 Å². The van der Waals surface area contributed by atoms with Crippen molar-refractivity contribution in [3.63, 3.8) is 0 Å². The molecule has 0 bridgehead atoms. The van der Waals surface area contributed by atoms with Gasteiger partial charge in [-0.15, -0.1) is 0 Å². The molecule has 0 aromatic rings. The quantitative estimate of drug-likeness (QED) is 0.0346. The second kappa shape index (κ2) is 52.4. The summed E-state index contributed by atoms with van der Waals surface area (Å²) in [7, 11) is 0. The smallest absolute Gasteiger partial charge is 0.309 e. The van der Waals surface area contributed by atoms with E-state index in [0.717, 1.165) is 64.2 Å². The maximum absolute atomic E-state index is 12.8. The number of rotatable bonds is 47. The van der Waals surface area contributed by atoms with E-state index in [1.807, 2.05) is 12.2 Å². The molecular formula is C57H98O5. The maximum Gasteiger partial charge on any atom is 0.309 e. The molecule has 0 amide bonds. The number of carbonyl (C=O) groups is 2. The lowest BCUT2D eigenvalue weighted by atomic mass is 10.0. The van der Waals surface area contributed by atoms with Crippen LogP contribution in [0.4, 0.5) is 0 Å². The highest BCUT2D eigenvalue weighted by Gasteiger charge is 2.17. The van der Waals surface area contributed by atoms with Gasteiger partial charge in [-0.3, -0.25) is 9.59 Å². The van der Waals surface area contributed by atoms with Crippen LogP contribution < -0.4 is 0 Å². The van der Waals surface area contributed by atoms with Gasteiger partial charge in [0, 0.05) is 13.0 Å². The highest BCUT2D eigenvalue weighted by atomic mass is 16.6. The monoisotopic (exact) mass is 863 g/mol. The first-order chi connectivity index (χ1) is 30.6. The van der Waals surface area contributed by atoms with E-state index >= 15 is 0 Å². The third kappa shape index (κ3) is 49.7. The zero-order valence-electron chi connectivity index (χ0n) is 40.9. The first-order valence-corrected chi connectivity index (χ1v) is 26.1. The van der Waals surface area contributed by atoms with Crippen LogP contribution in [0.25, 0.3) is 0 Å². The lowest BCUT2D eigenvalue weighted by Gasteiger charge is -2.18. The summed E-state index contributed by atoms with van der Waals surface area (Å²) in [6, 6.07) is 0. The Morgan fingerprint density at radius 2 is 0.774 bits per heavy atom. The minimum Gasteiger partial charge on any atom is -0.461 e. The predicted molar refractivity (Wildman–Crippen MR) is 270 cm³/mol. The van der Waals surface area contributed by atoms with Crippen LogP contribution in [0.5, 0.6) is 0 Å². The van der Waals surface area contributed by atoms with Crippen LogP contribution in [0.2, 0.25) is 0 Å². The molecule has 0 aromatic carbocycles. The van der Waals surface area contributed by atoms with Crippen molar-refractivity contribution in [2.75, 3.05) is 19.8 Å². The van der Waals surface area contributed by atoms with Crippen molar-refractivity contribution in [3.05, 3.63) is 85.1 Å². The number of ether oxygens (including phenoxy) is 3. The molecule has 0 saturated heterocycles. The summed E-state index contributed by atoms with van der Waals surface area (Å²) in [5, 5.41) is 0. The van der Waals surface area contributed by atoms with Gasteiger partial charge in [-0.05, 0) is 77.0 Å². The third-order valence-corrected chi connectivity index (χ3v) is 10.9. The summed E-state index contributed by atoms with van der Waals surface area (Å²) < 4.78 is 17.3. The van der Waals surface area contributed by atoms with Gasteiger partial charge in [-0.2, -0.15) is 0 Å². The lowest BCUT2D eigenvalue weighted by Crippen LogP contribution is -2.30. The van der Waals surface area contributed by atoms with Gasteiger partial charge in [-0.1, -0.05) is 234 Å². The Morgan fingerprint density at radius 1 is 0.387 bits per heavy atom. The Morgan fingerprint density at radius 3 is 1.27 bits per heavy atom. The van der Waals surface area contributed by atoms with Crippen molar-refractivity contribution >= 4 is 11.9 Å². The summed E-state index contributed by atoms with van der Waals surface area (Å²) in [4.78, 5) is 25.3. The molecule has 0 saturated carbocycles. The van der Waals surface area contributed by atoms with Gasteiger partial charge in [0.25, 0.3) is 0 Å². The molecule has 356 valence electrons. The molecule has 0 aliphatic rings. The number of unbranched alkanes of at least 4 members (excludes halogenated alkanes) is 23. The Bertz CT molecular complexity index is 1160. The summed E-state index contributed by atoms with van der Waals surface area (Å²) in [5.41, 5.74) is 0. The predicted octanol–water partition coefficient (Wildman–Crippen LogP) is 17.7. The van der Waals surface area contributed by atoms with E-state index in [0.29, 0.717) is 13.0 Å². The Balaban J connectivity index is 4.40. The van der Waals surface area contributed by atoms with Gasteiger partial charge in [0.15, 0.2) is 6.10 Å². The van der Waals surface area contributed by atoms with E-state index in [2.05, 4.69) is 93.7 Å². The van der Waals surface area contributed by atoms with Gasteiger partial charge in [0.1, 0.15) is 6.61 Å². The summed E-state index contributed by atoms with van der Waals surface area (Å²) in [6.45, 7) is 7.57. The molecule has 0 aromatic heterocycles. The first kappa shape index (κ1) is 59.1.